The number of nitrogens with one attached hydrogen (secondary N) is 2. The summed E-state index contributed by atoms with van der Waals surface area (Å²) in [5, 5.41) is 3.45. The van der Waals surface area contributed by atoms with E-state index in [1.165, 1.54) is 30.3 Å². The zero-order chi connectivity index (χ0) is 30.9. The number of hydrogen-bond acceptors (Lipinski definition) is 9. The average molecular weight is 609 g/mol. The van der Waals surface area contributed by atoms with Gasteiger partial charge in [-0.3, -0.25) is 14.1 Å². The van der Waals surface area contributed by atoms with E-state index in [-0.39, 0.29) is 34.9 Å². The second-order valence-electron chi connectivity index (χ2n) is 11.6. The molecule has 0 saturated heterocycles. The van der Waals surface area contributed by atoms with E-state index in [1.807, 2.05) is 13.8 Å². The van der Waals surface area contributed by atoms with Crippen molar-refractivity contribution in [3.05, 3.63) is 70.0 Å². The third kappa shape index (κ3) is 6.99. The van der Waals surface area contributed by atoms with E-state index in [1.54, 1.807) is 23.8 Å². The molecular formula is C30H37FN8O3S. The lowest BCUT2D eigenvalue weighted by molar-refractivity contribution is 0.221. The third-order valence-corrected chi connectivity index (χ3v) is 9.01. The molecule has 228 valence electrons. The van der Waals surface area contributed by atoms with Gasteiger partial charge in [-0.25, -0.2) is 27.8 Å². The standard InChI is InChI=1S/C30H37FN8O3S/c1-18(2)39-28-25(16-32-30(36-28)34-22-10-12-23(13-11-22)38(4)5)35-27(29(39)40)24-14-15-26(33-19(24)3)37-43(41,42)17-20-6-8-21(31)9-7-20/h6-9,14-16,18,22-23H,10-13,17H2,1-5H3,(H,33,37)(H,32,34,36)/t22-,23-. The minimum absolute atomic E-state index is 0.104. The van der Waals surface area contributed by atoms with Gasteiger partial charge in [0.1, 0.15) is 22.8 Å². The van der Waals surface area contributed by atoms with Crippen LogP contribution in [0.25, 0.3) is 22.4 Å². The number of aromatic nitrogens is 5. The molecule has 3 aromatic heterocycles. The molecule has 0 aliphatic heterocycles. The van der Waals surface area contributed by atoms with Crippen molar-refractivity contribution in [3.8, 4) is 11.3 Å². The van der Waals surface area contributed by atoms with Crippen LogP contribution in [0.4, 0.5) is 16.2 Å². The first-order valence-electron chi connectivity index (χ1n) is 14.4. The van der Waals surface area contributed by atoms with Crippen molar-refractivity contribution in [2.24, 2.45) is 0 Å². The van der Waals surface area contributed by atoms with E-state index in [0.717, 1.165) is 25.7 Å². The Bertz CT molecular complexity index is 1780. The summed E-state index contributed by atoms with van der Waals surface area (Å²) < 4.78 is 42.7. The second kappa shape index (κ2) is 12.3. The SMILES string of the molecule is Cc1nc(NS(=O)(=O)Cc2ccc(F)cc2)ccc1-c1nc2cnc(N[C@H]3CC[C@H](N(C)C)CC3)nc2n(C(C)C)c1=O. The molecule has 1 fully saturated rings. The molecule has 13 heteroatoms. The molecular weight excluding hydrogens is 571 g/mol. The molecule has 3 heterocycles. The van der Waals surface area contributed by atoms with Crippen LogP contribution in [0.2, 0.25) is 0 Å². The molecule has 0 spiro atoms. The van der Waals surface area contributed by atoms with Gasteiger partial charge in [0.15, 0.2) is 5.65 Å². The summed E-state index contributed by atoms with van der Waals surface area (Å²) in [6, 6.07) is 9.01. The normalized spacial score (nSPS) is 17.5. The van der Waals surface area contributed by atoms with Crippen molar-refractivity contribution in [1.82, 2.24) is 29.4 Å². The summed E-state index contributed by atoms with van der Waals surface area (Å²) in [5.74, 6) is -0.205. The highest BCUT2D eigenvalue weighted by molar-refractivity contribution is 7.91. The third-order valence-electron chi connectivity index (χ3n) is 7.78. The Kier molecular flexibility index (Phi) is 8.74. The Morgan fingerprint density at radius 3 is 2.35 bits per heavy atom. The van der Waals surface area contributed by atoms with Crippen LogP contribution in [0.5, 0.6) is 0 Å². The van der Waals surface area contributed by atoms with Crippen molar-refractivity contribution in [2.75, 3.05) is 24.1 Å². The van der Waals surface area contributed by atoms with E-state index >= 15 is 0 Å². The first-order valence-corrected chi connectivity index (χ1v) is 16.0. The number of hydrogen-bond donors (Lipinski definition) is 2. The van der Waals surface area contributed by atoms with Gasteiger partial charge < -0.3 is 10.2 Å². The van der Waals surface area contributed by atoms with Crippen LogP contribution in [0.1, 0.15) is 56.8 Å². The minimum atomic E-state index is -3.81. The lowest BCUT2D eigenvalue weighted by Crippen LogP contribution is -2.36. The van der Waals surface area contributed by atoms with Crippen molar-refractivity contribution in [1.29, 1.82) is 0 Å². The van der Waals surface area contributed by atoms with Crippen LogP contribution in [-0.4, -0.2) is 64.0 Å². The van der Waals surface area contributed by atoms with Crippen molar-refractivity contribution in [3.63, 3.8) is 0 Å². The fourth-order valence-electron chi connectivity index (χ4n) is 5.51. The lowest BCUT2D eigenvalue weighted by Gasteiger charge is -2.32. The molecule has 2 N–H and O–H groups in total. The molecule has 1 aromatic carbocycles. The van der Waals surface area contributed by atoms with Crippen molar-refractivity contribution < 1.29 is 12.8 Å². The molecule has 11 nitrogen and oxygen atoms in total. The zero-order valence-electron chi connectivity index (χ0n) is 25.0. The number of benzene rings is 1. The van der Waals surface area contributed by atoms with E-state index in [0.29, 0.717) is 40.0 Å². The van der Waals surface area contributed by atoms with Gasteiger partial charge in [0.2, 0.25) is 16.0 Å². The molecule has 0 amide bonds. The summed E-state index contributed by atoms with van der Waals surface area (Å²) in [4.78, 5) is 34.3. The highest BCUT2D eigenvalue weighted by atomic mass is 32.2. The summed E-state index contributed by atoms with van der Waals surface area (Å²) in [6.07, 6.45) is 5.86. The van der Waals surface area contributed by atoms with Gasteiger partial charge in [0.05, 0.1) is 11.9 Å². The van der Waals surface area contributed by atoms with Crippen LogP contribution in [0.15, 0.2) is 47.4 Å². The molecule has 43 heavy (non-hydrogen) atoms. The Hall–Kier alpha value is -3.97. The predicted octanol–water partition coefficient (Wildman–Crippen LogP) is 4.50. The highest BCUT2D eigenvalue weighted by Gasteiger charge is 2.24. The summed E-state index contributed by atoms with van der Waals surface area (Å²) in [5.41, 5.74) is 2.10. The molecule has 0 bridgehead atoms. The number of nitrogens with zero attached hydrogens (tertiary/aromatic N) is 6. The quantitative estimate of drug-likeness (QED) is 0.282. The largest absolute Gasteiger partial charge is 0.351 e. The van der Waals surface area contributed by atoms with Crippen LogP contribution >= 0.6 is 0 Å². The minimum Gasteiger partial charge on any atom is -0.351 e. The monoisotopic (exact) mass is 608 g/mol. The van der Waals surface area contributed by atoms with E-state index in [2.05, 4.69) is 44.0 Å². The van der Waals surface area contributed by atoms with Gasteiger partial charge in [-0.2, -0.15) is 4.98 Å². The molecule has 0 radical (unpaired) electrons. The van der Waals surface area contributed by atoms with Gasteiger partial charge >= 0.3 is 0 Å². The van der Waals surface area contributed by atoms with E-state index in [4.69, 9.17) is 4.98 Å². The highest BCUT2D eigenvalue weighted by Crippen LogP contribution is 2.26. The van der Waals surface area contributed by atoms with E-state index < -0.39 is 15.8 Å². The van der Waals surface area contributed by atoms with Crippen LogP contribution in [0, 0.1) is 12.7 Å². The topological polar surface area (TPSA) is 135 Å². The number of anilines is 2. The molecule has 4 aromatic rings. The predicted molar refractivity (Wildman–Crippen MR) is 166 cm³/mol. The fraction of sp³-hybridized carbons (Fsp3) is 0.433. The van der Waals surface area contributed by atoms with Crippen molar-refractivity contribution in [2.45, 2.75) is 70.3 Å². The molecule has 1 saturated carbocycles. The Morgan fingerprint density at radius 1 is 1.02 bits per heavy atom. The maximum atomic E-state index is 13.8. The fourth-order valence-corrected chi connectivity index (χ4v) is 6.64. The van der Waals surface area contributed by atoms with Crippen LogP contribution < -0.4 is 15.6 Å². The molecule has 0 atom stereocenters. The first kappa shape index (κ1) is 30.5. The Balaban J connectivity index is 1.40. The van der Waals surface area contributed by atoms with Crippen LogP contribution in [-0.2, 0) is 15.8 Å². The zero-order valence-corrected chi connectivity index (χ0v) is 25.8. The van der Waals surface area contributed by atoms with E-state index in [9.17, 15) is 17.6 Å². The van der Waals surface area contributed by atoms with Crippen LogP contribution in [0.3, 0.4) is 0 Å². The number of pyridine rings is 1. The van der Waals surface area contributed by atoms with Gasteiger partial charge in [0.25, 0.3) is 5.56 Å². The number of sulfonamides is 1. The number of halogens is 1. The molecule has 0 unspecified atom stereocenters. The lowest BCUT2D eigenvalue weighted by atomic mass is 9.91. The van der Waals surface area contributed by atoms with Gasteiger partial charge in [-0.05, 0) is 90.4 Å². The number of aryl methyl sites for hydroxylation is 1. The van der Waals surface area contributed by atoms with Gasteiger partial charge in [0, 0.05) is 29.4 Å². The van der Waals surface area contributed by atoms with Gasteiger partial charge in [-0.1, -0.05) is 12.1 Å². The Morgan fingerprint density at radius 2 is 1.72 bits per heavy atom. The average Bonchev–Trinajstić information content (AvgIpc) is 2.94. The van der Waals surface area contributed by atoms with Gasteiger partial charge in [-0.15, -0.1) is 0 Å². The van der Waals surface area contributed by atoms with Crippen molar-refractivity contribution >= 4 is 33.0 Å². The summed E-state index contributed by atoms with van der Waals surface area (Å²) in [7, 11) is 0.415. The molecule has 5 rings (SSSR count). The maximum absolute atomic E-state index is 13.8. The molecule has 1 aliphatic carbocycles. The second-order valence-corrected chi connectivity index (χ2v) is 13.3. The smallest absolute Gasteiger partial charge is 0.279 e. The Labute approximate surface area is 250 Å². The maximum Gasteiger partial charge on any atom is 0.279 e. The first-order chi connectivity index (χ1) is 20.4. The summed E-state index contributed by atoms with van der Waals surface area (Å²) >= 11 is 0. The summed E-state index contributed by atoms with van der Waals surface area (Å²) in [6.45, 7) is 5.51. The molecule has 1 aliphatic rings. The number of fused-ring (bicyclic) bond motifs is 1. The number of rotatable bonds is 9.